The minimum Gasteiger partial charge on any atom is -0.453 e. The normalized spacial score (nSPS) is 33.1. The third-order valence-corrected chi connectivity index (χ3v) is 6.07. The summed E-state index contributed by atoms with van der Waals surface area (Å²) in [4.78, 5) is 24.4. The first kappa shape index (κ1) is 15.5. The Kier molecular flexibility index (Phi) is 3.74. The molecule has 5 nitrogen and oxygen atoms in total. The molecule has 4 aliphatic carbocycles. The van der Waals surface area contributed by atoms with Gasteiger partial charge in [-0.1, -0.05) is 6.07 Å². The molecule has 2 N–H and O–H groups in total. The number of benzene rings is 1. The molecule has 0 atom stereocenters. The maximum Gasteiger partial charge on any atom is 0.411 e. The van der Waals surface area contributed by atoms with Gasteiger partial charge in [-0.05, 0) is 74.5 Å². The zero-order valence-corrected chi connectivity index (χ0v) is 14.0. The number of carbonyl (C=O) groups excluding carboxylic acids is 2. The lowest BCUT2D eigenvalue weighted by atomic mass is 9.49. The minimum atomic E-state index is -0.514. The van der Waals surface area contributed by atoms with Gasteiger partial charge in [-0.15, -0.1) is 0 Å². The van der Waals surface area contributed by atoms with E-state index in [1.807, 2.05) is 12.1 Å². The van der Waals surface area contributed by atoms with E-state index in [-0.39, 0.29) is 11.3 Å². The fourth-order valence-electron chi connectivity index (χ4n) is 5.50. The highest BCUT2D eigenvalue weighted by atomic mass is 16.5. The molecule has 0 spiro atoms. The molecule has 0 aromatic heterocycles. The highest BCUT2D eigenvalue weighted by Gasteiger charge is 2.54. The van der Waals surface area contributed by atoms with Crippen molar-refractivity contribution < 1.29 is 14.3 Å². The van der Waals surface area contributed by atoms with Crippen molar-refractivity contribution in [2.45, 2.75) is 38.5 Å². The van der Waals surface area contributed by atoms with E-state index in [2.05, 4.69) is 15.4 Å². The molecule has 4 fully saturated rings. The van der Waals surface area contributed by atoms with Crippen molar-refractivity contribution in [3.8, 4) is 0 Å². The number of hydrogen-bond acceptors (Lipinski definition) is 3. The van der Waals surface area contributed by atoms with Crippen molar-refractivity contribution in [3.63, 3.8) is 0 Å². The summed E-state index contributed by atoms with van der Waals surface area (Å²) in [6.07, 6.45) is 6.60. The van der Waals surface area contributed by atoms with Gasteiger partial charge in [0.2, 0.25) is 5.91 Å². The first-order valence-electron chi connectivity index (χ1n) is 8.83. The third-order valence-electron chi connectivity index (χ3n) is 6.07. The van der Waals surface area contributed by atoms with Gasteiger partial charge >= 0.3 is 6.09 Å². The van der Waals surface area contributed by atoms with E-state index in [1.165, 1.54) is 26.4 Å². The topological polar surface area (TPSA) is 67.4 Å². The lowest BCUT2D eigenvalue weighted by Crippen LogP contribution is -2.51. The monoisotopic (exact) mass is 328 g/mol. The quantitative estimate of drug-likeness (QED) is 0.880. The number of ether oxygens (including phenoxy) is 1. The summed E-state index contributed by atoms with van der Waals surface area (Å²) in [5.74, 6) is 2.40. The molecule has 24 heavy (non-hydrogen) atoms. The van der Waals surface area contributed by atoms with Crippen LogP contribution >= 0.6 is 0 Å². The average Bonchev–Trinajstić information content (AvgIpc) is 2.53. The van der Waals surface area contributed by atoms with Gasteiger partial charge in [0.05, 0.1) is 12.5 Å². The van der Waals surface area contributed by atoms with Crippen LogP contribution in [0, 0.1) is 23.2 Å². The predicted molar refractivity (Wildman–Crippen MR) is 91.7 cm³/mol. The van der Waals surface area contributed by atoms with Crippen LogP contribution in [0.15, 0.2) is 24.3 Å². The summed E-state index contributed by atoms with van der Waals surface area (Å²) < 4.78 is 4.60. The fourth-order valence-corrected chi connectivity index (χ4v) is 5.50. The predicted octanol–water partition coefficient (Wildman–Crippen LogP) is 4.02. The Morgan fingerprint density at radius 2 is 1.54 bits per heavy atom. The first-order valence-corrected chi connectivity index (χ1v) is 8.83. The second-order valence-corrected chi connectivity index (χ2v) is 7.85. The summed E-state index contributed by atoms with van der Waals surface area (Å²) in [5, 5.41) is 5.73. The summed E-state index contributed by atoms with van der Waals surface area (Å²) in [6, 6.07) is 7.23. The number of carbonyl (C=O) groups is 2. The summed E-state index contributed by atoms with van der Waals surface area (Å²) in [7, 11) is 1.33. The standard InChI is InChI=1S/C19H24N2O3/c1-24-18(23)21-16-4-2-3-15(8-16)20-17(22)19-9-12-5-13(10-19)7-14(6-12)11-19/h2-4,8,12-14H,5-7,9-11H2,1H3,(H,20,22)(H,21,23). The van der Waals surface area contributed by atoms with E-state index < -0.39 is 6.09 Å². The van der Waals surface area contributed by atoms with Crippen LogP contribution in [0.1, 0.15) is 38.5 Å². The van der Waals surface area contributed by atoms with Crippen molar-refractivity contribution in [2.75, 3.05) is 17.7 Å². The Hall–Kier alpha value is -2.04. The van der Waals surface area contributed by atoms with Crippen LogP contribution in [0.4, 0.5) is 16.2 Å². The zero-order chi connectivity index (χ0) is 16.7. The van der Waals surface area contributed by atoms with Crippen molar-refractivity contribution in [1.82, 2.24) is 0 Å². The van der Waals surface area contributed by atoms with Crippen molar-refractivity contribution in [2.24, 2.45) is 23.2 Å². The average molecular weight is 328 g/mol. The van der Waals surface area contributed by atoms with Crippen LogP contribution in [0.2, 0.25) is 0 Å². The Bertz CT molecular complexity index is 635. The molecular weight excluding hydrogens is 304 g/mol. The molecule has 0 saturated heterocycles. The van der Waals surface area contributed by atoms with Crippen molar-refractivity contribution >= 4 is 23.4 Å². The van der Waals surface area contributed by atoms with Gasteiger partial charge in [0, 0.05) is 11.4 Å². The van der Waals surface area contributed by atoms with Crippen LogP contribution in [0.3, 0.4) is 0 Å². The van der Waals surface area contributed by atoms with Gasteiger partial charge in [-0.2, -0.15) is 0 Å². The van der Waals surface area contributed by atoms with E-state index in [1.54, 1.807) is 12.1 Å². The number of amides is 2. The van der Waals surface area contributed by atoms with Crippen LogP contribution in [-0.2, 0) is 9.53 Å². The van der Waals surface area contributed by atoms with Gasteiger partial charge in [0.15, 0.2) is 0 Å². The molecule has 0 aliphatic heterocycles. The number of hydrogen-bond donors (Lipinski definition) is 2. The van der Waals surface area contributed by atoms with Crippen LogP contribution in [0.25, 0.3) is 0 Å². The highest BCUT2D eigenvalue weighted by Crippen LogP contribution is 2.60. The second kappa shape index (κ2) is 5.80. The number of nitrogens with one attached hydrogen (secondary N) is 2. The molecule has 2 amide bonds. The van der Waals surface area contributed by atoms with Crippen LogP contribution < -0.4 is 10.6 Å². The van der Waals surface area contributed by atoms with Gasteiger partial charge < -0.3 is 10.1 Å². The van der Waals surface area contributed by atoms with E-state index in [9.17, 15) is 9.59 Å². The Balaban J connectivity index is 1.48. The lowest BCUT2D eigenvalue weighted by molar-refractivity contribution is -0.140. The zero-order valence-electron chi connectivity index (χ0n) is 14.0. The van der Waals surface area contributed by atoms with Crippen LogP contribution in [0.5, 0.6) is 0 Å². The summed E-state index contributed by atoms with van der Waals surface area (Å²) >= 11 is 0. The molecule has 4 aliphatic rings. The Morgan fingerprint density at radius 3 is 2.08 bits per heavy atom. The SMILES string of the molecule is COC(=O)Nc1cccc(NC(=O)C23CC4CC(CC(C4)C2)C3)c1. The molecule has 0 unspecified atom stereocenters. The smallest absolute Gasteiger partial charge is 0.411 e. The Labute approximate surface area is 142 Å². The van der Waals surface area contributed by atoms with Crippen molar-refractivity contribution in [1.29, 1.82) is 0 Å². The van der Waals surface area contributed by atoms with Gasteiger partial charge in [0.25, 0.3) is 0 Å². The van der Waals surface area contributed by atoms with Gasteiger partial charge in [-0.25, -0.2) is 4.79 Å². The van der Waals surface area contributed by atoms with Crippen LogP contribution in [-0.4, -0.2) is 19.1 Å². The van der Waals surface area contributed by atoms with Gasteiger partial charge in [0.1, 0.15) is 0 Å². The third kappa shape index (κ3) is 2.76. The largest absolute Gasteiger partial charge is 0.453 e. The summed E-state index contributed by atoms with van der Waals surface area (Å²) in [6.45, 7) is 0. The minimum absolute atomic E-state index is 0.164. The molecular formula is C19H24N2O3. The molecule has 1 aromatic rings. The Morgan fingerprint density at radius 1 is 1.00 bits per heavy atom. The fraction of sp³-hybridized carbons (Fsp3) is 0.579. The molecule has 4 saturated carbocycles. The van der Waals surface area contributed by atoms with Crippen molar-refractivity contribution in [3.05, 3.63) is 24.3 Å². The first-order chi connectivity index (χ1) is 11.6. The maximum atomic E-state index is 13.0. The molecule has 5 rings (SSSR count). The molecule has 4 bridgehead atoms. The molecule has 5 heteroatoms. The van der Waals surface area contributed by atoms with E-state index in [0.717, 1.165) is 42.7 Å². The second-order valence-electron chi connectivity index (χ2n) is 7.85. The maximum absolute atomic E-state index is 13.0. The van der Waals surface area contributed by atoms with E-state index in [4.69, 9.17) is 0 Å². The molecule has 0 radical (unpaired) electrons. The van der Waals surface area contributed by atoms with E-state index >= 15 is 0 Å². The molecule has 1 aromatic carbocycles. The molecule has 128 valence electrons. The highest BCUT2D eigenvalue weighted by molar-refractivity contribution is 5.96. The number of anilines is 2. The lowest BCUT2D eigenvalue weighted by Gasteiger charge is -2.55. The number of rotatable bonds is 3. The van der Waals surface area contributed by atoms with Gasteiger partial charge in [-0.3, -0.25) is 10.1 Å². The number of methoxy groups -OCH3 is 1. The molecule has 0 heterocycles. The summed E-state index contributed by atoms with van der Waals surface area (Å²) in [5.41, 5.74) is 1.18. The van der Waals surface area contributed by atoms with E-state index in [0.29, 0.717) is 5.69 Å².